The third kappa shape index (κ3) is 4.77. The van der Waals surface area contributed by atoms with E-state index in [9.17, 15) is 9.59 Å². The Morgan fingerprint density at radius 1 is 1.03 bits per heavy atom. The first kappa shape index (κ1) is 22.4. The maximum Gasteiger partial charge on any atom is 0.253 e. The highest BCUT2D eigenvalue weighted by atomic mass is 16.2. The van der Waals surface area contributed by atoms with Gasteiger partial charge in [-0.15, -0.1) is 0 Å². The fraction of sp³-hybridized carbons (Fsp3) is 0.357. The van der Waals surface area contributed by atoms with Gasteiger partial charge in [0.25, 0.3) is 5.91 Å². The van der Waals surface area contributed by atoms with Crippen molar-refractivity contribution in [3.8, 4) is 11.3 Å². The zero-order valence-corrected chi connectivity index (χ0v) is 19.8. The molecule has 0 saturated carbocycles. The van der Waals surface area contributed by atoms with Gasteiger partial charge in [-0.3, -0.25) is 14.5 Å². The SMILES string of the molecule is CN(C)C(=O)c1cc2cc(c1)CN1CCC[C@@H]1C(=O)CCc1cccc(c1)-c1ccnc(n1)C2. The number of aryl methyl sites for hydroxylation is 1. The van der Waals surface area contributed by atoms with E-state index in [4.69, 9.17) is 4.98 Å². The number of Topliss-reactive ketones (excluding diaryl/α,β-unsaturated/α-hetero) is 1. The van der Waals surface area contributed by atoms with Gasteiger partial charge in [0.05, 0.1) is 11.7 Å². The molecule has 5 rings (SSSR count). The molecule has 0 aliphatic carbocycles. The van der Waals surface area contributed by atoms with Gasteiger partial charge in [-0.1, -0.05) is 24.3 Å². The second-order valence-corrected chi connectivity index (χ2v) is 9.57. The summed E-state index contributed by atoms with van der Waals surface area (Å²) in [5.74, 6) is 1.00. The first-order valence-corrected chi connectivity index (χ1v) is 12.0. The number of carbonyl (C=O) groups is 2. The number of amides is 1. The minimum Gasteiger partial charge on any atom is -0.345 e. The van der Waals surface area contributed by atoms with Gasteiger partial charge >= 0.3 is 0 Å². The standard InChI is InChI=1S/C28H30N4O2/c1-31(2)28(34)23-15-20-13-21(16-23)18-32-12-4-7-25(32)26(33)9-8-19-5-3-6-22(14-19)24-10-11-29-27(17-20)30-24/h3,5-6,10-11,13-16,25H,4,7-9,12,17-18H2,1-2H3/t25-/m1/s1. The summed E-state index contributed by atoms with van der Waals surface area (Å²) >= 11 is 0. The van der Waals surface area contributed by atoms with Crippen LogP contribution in [0.4, 0.5) is 0 Å². The van der Waals surface area contributed by atoms with Crippen LogP contribution in [0.2, 0.25) is 0 Å². The fourth-order valence-electron chi connectivity index (χ4n) is 5.10. The van der Waals surface area contributed by atoms with E-state index in [1.807, 2.05) is 30.3 Å². The third-order valence-corrected chi connectivity index (χ3v) is 6.78. The van der Waals surface area contributed by atoms with Gasteiger partial charge in [0, 0.05) is 50.8 Å². The molecule has 0 unspecified atom stereocenters. The molecular weight excluding hydrogens is 424 g/mol. The number of benzene rings is 2. The smallest absolute Gasteiger partial charge is 0.253 e. The second kappa shape index (κ2) is 9.47. The molecule has 0 N–H and O–H groups in total. The van der Waals surface area contributed by atoms with Crippen LogP contribution >= 0.6 is 0 Å². The van der Waals surface area contributed by atoms with E-state index in [1.165, 1.54) is 0 Å². The Kier molecular flexibility index (Phi) is 6.24. The monoisotopic (exact) mass is 454 g/mol. The number of rotatable bonds is 1. The summed E-state index contributed by atoms with van der Waals surface area (Å²) in [6.07, 6.45) is 5.52. The minimum atomic E-state index is -0.0520. The predicted molar refractivity (Wildman–Crippen MR) is 131 cm³/mol. The molecule has 3 heterocycles. The number of fused-ring (bicyclic) bond motifs is 8. The van der Waals surface area contributed by atoms with Crippen LogP contribution in [-0.2, 0) is 24.2 Å². The van der Waals surface area contributed by atoms with Crippen molar-refractivity contribution in [2.24, 2.45) is 0 Å². The highest BCUT2D eigenvalue weighted by Gasteiger charge is 2.30. The summed E-state index contributed by atoms with van der Waals surface area (Å²) in [7, 11) is 3.53. The molecule has 2 aromatic carbocycles. The van der Waals surface area contributed by atoms with Crippen LogP contribution in [0.3, 0.4) is 0 Å². The molecule has 174 valence electrons. The lowest BCUT2D eigenvalue weighted by Crippen LogP contribution is -2.36. The van der Waals surface area contributed by atoms with Crippen LogP contribution in [0, 0.1) is 0 Å². The van der Waals surface area contributed by atoms with E-state index in [1.54, 1.807) is 25.2 Å². The average Bonchev–Trinajstić information content (AvgIpc) is 3.30. The normalized spacial score (nSPS) is 18.4. The molecule has 3 aromatic rings. The van der Waals surface area contributed by atoms with Gasteiger partial charge in [-0.25, -0.2) is 9.97 Å². The van der Waals surface area contributed by atoms with Crippen LogP contribution in [-0.4, -0.2) is 58.1 Å². The highest BCUT2D eigenvalue weighted by molar-refractivity contribution is 5.94. The zero-order chi connectivity index (χ0) is 23.7. The van der Waals surface area contributed by atoms with E-state index in [0.717, 1.165) is 59.6 Å². The summed E-state index contributed by atoms with van der Waals surface area (Å²) in [6.45, 7) is 1.56. The molecule has 1 aromatic heterocycles. The van der Waals surface area contributed by atoms with Crippen molar-refractivity contribution in [3.05, 3.63) is 82.8 Å². The van der Waals surface area contributed by atoms with Gasteiger partial charge < -0.3 is 4.90 Å². The van der Waals surface area contributed by atoms with Crippen LogP contribution in [0.1, 0.15) is 52.1 Å². The van der Waals surface area contributed by atoms with Crippen molar-refractivity contribution in [1.82, 2.24) is 19.8 Å². The van der Waals surface area contributed by atoms with Crippen LogP contribution in [0.25, 0.3) is 11.3 Å². The molecule has 1 atom stereocenters. The topological polar surface area (TPSA) is 66.4 Å². The molecule has 1 saturated heterocycles. The summed E-state index contributed by atoms with van der Waals surface area (Å²) in [6, 6.07) is 16.2. The molecule has 1 fully saturated rings. The maximum atomic E-state index is 13.2. The molecular formula is C28H30N4O2. The molecule has 34 heavy (non-hydrogen) atoms. The van der Waals surface area contributed by atoms with E-state index >= 15 is 0 Å². The maximum absolute atomic E-state index is 13.2. The van der Waals surface area contributed by atoms with Crippen molar-refractivity contribution < 1.29 is 9.59 Å². The fourth-order valence-corrected chi connectivity index (χ4v) is 5.10. The molecule has 0 spiro atoms. The number of aromatic nitrogens is 2. The van der Waals surface area contributed by atoms with Crippen LogP contribution in [0.15, 0.2) is 54.7 Å². The lowest BCUT2D eigenvalue weighted by atomic mass is 9.98. The molecule has 6 bridgehead atoms. The van der Waals surface area contributed by atoms with E-state index in [2.05, 4.69) is 28.1 Å². The number of nitrogens with zero attached hydrogens (tertiary/aromatic N) is 4. The van der Waals surface area contributed by atoms with Gasteiger partial charge in [0.15, 0.2) is 0 Å². The van der Waals surface area contributed by atoms with E-state index in [-0.39, 0.29) is 11.9 Å². The Morgan fingerprint density at radius 3 is 2.74 bits per heavy atom. The summed E-state index contributed by atoms with van der Waals surface area (Å²) in [5, 5.41) is 0. The Hall–Kier alpha value is -3.38. The van der Waals surface area contributed by atoms with Gasteiger partial charge in [-0.2, -0.15) is 0 Å². The van der Waals surface area contributed by atoms with Crippen molar-refractivity contribution in [3.63, 3.8) is 0 Å². The highest BCUT2D eigenvalue weighted by Crippen LogP contribution is 2.26. The molecule has 2 aliphatic heterocycles. The van der Waals surface area contributed by atoms with E-state index in [0.29, 0.717) is 30.7 Å². The summed E-state index contributed by atoms with van der Waals surface area (Å²) in [5.41, 5.74) is 5.76. The molecule has 1 amide bonds. The van der Waals surface area contributed by atoms with Crippen molar-refractivity contribution in [1.29, 1.82) is 0 Å². The predicted octanol–water partition coefficient (Wildman–Crippen LogP) is 3.92. The number of ketones is 1. The lowest BCUT2D eigenvalue weighted by molar-refractivity contribution is -0.123. The summed E-state index contributed by atoms with van der Waals surface area (Å²) < 4.78 is 0. The lowest BCUT2D eigenvalue weighted by Gasteiger charge is -2.24. The third-order valence-electron chi connectivity index (χ3n) is 6.78. The second-order valence-electron chi connectivity index (χ2n) is 9.57. The summed E-state index contributed by atoms with van der Waals surface area (Å²) in [4.78, 5) is 39.2. The molecule has 2 aliphatic rings. The van der Waals surface area contributed by atoms with E-state index < -0.39 is 0 Å². The zero-order valence-electron chi connectivity index (χ0n) is 19.8. The van der Waals surface area contributed by atoms with Crippen molar-refractivity contribution >= 4 is 11.7 Å². The Labute approximate surface area is 200 Å². The van der Waals surface area contributed by atoms with Crippen molar-refractivity contribution in [2.45, 2.75) is 44.7 Å². The number of hydrogen-bond donors (Lipinski definition) is 0. The van der Waals surface area contributed by atoms with Gasteiger partial charge in [-0.05, 0) is 66.8 Å². The van der Waals surface area contributed by atoms with Crippen LogP contribution < -0.4 is 0 Å². The molecule has 6 heteroatoms. The Morgan fingerprint density at radius 2 is 1.88 bits per heavy atom. The molecule has 6 nitrogen and oxygen atoms in total. The average molecular weight is 455 g/mol. The Balaban J connectivity index is 1.60. The van der Waals surface area contributed by atoms with Crippen molar-refractivity contribution in [2.75, 3.05) is 20.6 Å². The largest absolute Gasteiger partial charge is 0.345 e. The first-order valence-electron chi connectivity index (χ1n) is 12.0. The Bertz CT molecular complexity index is 1240. The van der Waals surface area contributed by atoms with Gasteiger partial charge in [0.1, 0.15) is 11.6 Å². The number of hydrogen-bond acceptors (Lipinski definition) is 5. The minimum absolute atomic E-state index is 0.0296. The molecule has 0 radical (unpaired) electrons. The van der Waals surface area contributed by atoms with Gasteiger partial charge in [0.2, 0.25) is 0 Å². The quantitative estimate of drug-likeness (QED) is 0.558. The number of carbonyl (C=O) groups excluding carboxylic acids is 2. The first-order chi connectivity index (χ1) is 16.5. The van der Waals surface area contributed by atoms with Crippen LogP contribution in [0.5, 0.6) is 0 Å².